The first kappa shape index (κ1) is 15.8. The molecule has 1 N–H and O–H groups in total. The number of carbonyl (C=O) groups is 1. The molecule has 0 radical (unpaired) electrons. The van der Waals surface area contributed by atoms with E-state index in [0.717, 1.165) is 45.3 Å². The Morgan fingerprint density at radius 1 is 1.33 bits per heavy atom. The monoisotopic (exact) mass is 274 g/mol. The Morgan fingerprint density at radius 3 is 2.33 bits per heavy atom. The van der Waals surface area contributed by atoms with Gasteiger partial charge < -0.3 is 10.2 Å². The lowest BCUT2D eigenvalue weighted by Crippen LogP contribution is -2.47. The Morgan fingerprint density at radius 2 is 1.89 bits per heavy atom. The molecule has 2 fully saturated rings. The molecule has 1 aliphatic carbocycles. The van der Waals surface area contributed by atoms with Crippen molar-refractivity contribution in [2.45, 2.75) is 52.5 Å². The molecule has 1 saturated heterocycles. The maximum atomic E-state index is 12.5. The quantitative estimate of drug-likeness (QED) is 0.854. The van der Waals surface area contributed by atoms with Crippen molar-refractivity contribution in [1.82, 2.24) is 10.2 Å². The molecule has 1 heterocycles. The molecule has 0 aromatic carbocycles. The van der Waals surface area contributed by atoms with Gasteiger partial charge in [0.2, 0.25) is 5.91 Å². The van der Waals surface area contributed by atoms with Crippen LogP contribution >= 0.6 is 12.4 Å². The molecular weight excluding hydrogens is 248 g/mol. The lowest BCUT2D eigenvalue weighted by atomic mass is 10.0. The third-order valence-electron chi connectivity index (χ3n) is 4.31. The summed E-state index contributed by atoms with van der Waals surface area (Å²) in [4.78, 5) is 14.7. The van der Waals surface area contributed by atoms with Gasteiger partial charge in [-0.1, -0.05) is 20.8 Å². The van der Waals surface area contributed by atoms with Crippen molar-refractivity contribution in [3.63, 3.8) is 0 Å². The highest BCUT2D eigenvalue weighted by Crippen LogP contribution is 2.52. The average Bonchev–Trinajstić information content (AvgIpc) is 2.96. The van der Waals surface area contributed by atoms with Crippen LogP contribution in [0.3, 0.4) is 0 Å². The van der Waals surface area contributed by atoms with Gasteiger partial charge in [0.25, 0.3) is 0 Å². The SMILES string of the molecule is CCCN(C(=O)C1CC1(C)C)C1CCNCC1.Cl. The number of carbonyl (C=O) groups excluding carboxylic acids is 1. The third-order valence-corrected chi connectivity index (χ3v) is 4.31. The number of nitrogens with zero attached hydrogens (tertiary/aromatic N) is 1. The molecule has 18 heavy (non-hydrogen) atoms. The first-order chi connectivity index (χ1) is 8.06. The Bertz CT molecular complexity index is 288. The van der Waals surface area contributed by atoms with E-state index < -0.39 is 0 Å². The summed E-state index contributed by atoms with van der Waals surface area (Å²) in [5.74, 6) is 0.715. The zero-order valence-electron chi connectivity index (χ0n) is 11.9. The molecule has 0 aromatic rings. The van der Waals surface area contributed by atoms with Gasteiger partial charge in [-0.25, -0.2) is 0 Å². The van der Waals surface area contributed by atoms with E-state index in [1.54, 1.807) is 0 Å². The van der Waals surface area contributed by atoms with Gasteiger partial charge in [0.05, 0.1) is 0 Å². The van der Waals surface area contributed by atoms with Gasteiger partial charge in [-0.3, -0.25) is 4.79 Å². The maximum Gasteiger partial charge on any atom is 0.226 e. The number of hydrogen-bond acceptors (Lipinski definition) is 2. The summed E-state index contributed by atoms with van der Waals surface area (Å²) in [7, 11) is 0. The van der Waals surface area contributed by atoms with Crippen molar-refractivity contribution >= 4 is 18.3 Å². The summed E-state index contributed by atoms with van der Waals surface area (Å²) in [5, 5.41) is 3.37. The van der Waals surface area contributed by atoms with E-state index in [1.165, 1.54) is 0 Å². The second-order valence-electron chi connectivity index (χ2n) is 6.26. The number of nitrogens with one attached hydrogen (secondary N) is 1. The number of halogens is 1. The van der Waals surface area contributed by atoms with Crippen LogP contribution in [0.25, 0.3) is 0 Å². The minimum absolute atomic E-state index is 0. The zero-order valence-corrected chi connectivity index (χ0v) is 12.7. The van der Waals surface area contributed by atoms with E-state index in [4.69, 9.17) is 0 Å². The van der Waals surface area contributed by atoms with Gasteiger partial charge in [0, 0.05) is 18.5 Å². The van der Waals surface area contributed by atoms with Gasteiger partial charge in [0.15, 0.2) is 0 Å². The topological polar surface area (TPSA) is 32.3 Å². The molecule has 1 unspecified atom stereocenters. The average molecular weight is 275 g/mol. The van der Waals surface area contributed by atoms with Crippen molar-refractivity contribution in [2.24, 2.45) is 11.3 Å². The Hall–Kier alpha value is -0.280. The van der Waals surface area contributed by atoms with E-state index >= 15 is 0 Å². The standard InChI is InChI=1S/C14H26N2O.ClH/c1-4-9-16(11-5-7-15-8-6-11)13(17)12-10-14(12,2)3;/h11-12,15H,4-10H2,1-3H3;1H. The summed E-state index contributed by atoms with van der Waals surface area (Å²) in [6.45, 7) is 9.65. The number of hydrogen-bond donors (Lipinski definition) is 1. The normalized spacial score (nSPS) is 26.3. The molecule has 4 heteroatoms. The lowest BCUT2D eigenvalue weighted by molar-refractivity contribution is -0.136. The molecule has 0 bridgehead atoms. The summed E-state index contributed by atoms with van der Waals surface area (Å²) in [6.07, 6.45) is 4.40. The summed E-state index contributed by atoms with van der Waals surface area (Å²) >= 11 is 0. The summed E-state index contributed by atoms with van der Waals surface area (Å²) in [5.41, 5.74) is 0.260. The predicted molar refractivity (Wildman–Crippen MR) is 77.0 cm³/mol. The molecule has 1 aliphatic heterocycles. The smallest absolute Gasteiger partial charge is 0.226 e. The van der Waals surface area contributed by atoms with E-state index in [-0.39, 0.29) is 17.8 Å². The molecule has 106 valence electrons. The predicted octanol–water partition coefficient (Wildman–Crippen LogP) is 2.44. The highest BCUT2D eigenvalue weighted by Gasteiger charge is 2.52. The Balaban J connectivity index is 0.00000162. The highest BCUT2D eigenvalue weighted by molar-refractivity contribution is 5.85. The number of amides is 1. The molecule has 1 amide bonds. The van der Waals surface area contributed by atoms with E-state index in [2.05, 4.69) is 31.0 Å². The third kappa shape index (κ3) is 3.39. The van der Waals surface area contributed by atoms with Crippen LogP contribution in [0.15, 0.2) is 0 Å². The number of piperidine rings is 1. The van der Waals surface area contributed by atoms with Gasteiger partial charge in [-0.05, 0) is 44.2 Å². The largest absolute Gasteiger partial charge is 0.339 e. The van der Waals surface area contributed by atoms with Gasteiger partial charge in [0.1, 0.15) is 0 Å². The molecule has 0 spiro atoms. The zero-order chi connectivity index (χ0) is 12.5. The fourth-order valence-electron chi connectivity index (χ4n) is 2.92. The Kier molecular flexibility index (Phi) is 5.47. The second kappa shape index (κ2) is 6.25. The highest BCUT2D eigenvalue weighted by atomic mass is 35.5. The van der Waals surface area contributed by atoms with Crippen LogP contribution in [0, 0.1) is 11.3 Å². The number of rotatable bonds is 4. The molecule has 1 saturated carbocycles. The van der Waals surface area contributed by atoms with Crippen LogP contribution < -0.4 is 5.32 Å². The summed E-state index contributed by atoms with van der Waals surface area (Å²) in [6, 6.07) is 0.486. The van der Waals surface area contributed by atoms with Crippen LogP contribution in [0.5, 0.6) is 0 Å². The van der Waals surface area contributed by atoms with Crippen LogP contribution in [0.2, 0.25) is 0 Å². The van der Waals surface area contributed by atoms with Crippen molar-refractivity contribution in [3.8, 4) is 0 Å². The van der Waals surface area contributed by atoms with Crippen molar-refractivity contribution in [1.29, 1.82) is 0 Å². The van der Waals surface area contributed by atoms with Crippen LogP contribution in [-0.4, -0.2) is 36.5 Å². The van der Waals surface area contributed by atoms with E-state index in [0.29, 0.717) is 17.9 Å². The molecule has 2 aliphatic rings. The van der Waals surface area contributed by atoms with E-state index in [9.17, 15) is 4.79 Å². The van der Waals surface area contributed by atoms with Gasteiger partial charge >= 0.3 is 0 Å². The van der Waals surface area contributed by atoms with Crippen molar-refractivity contribution in [3.05, 3.63) is 0 Å². The van der Waals surface area contributed by atoms with Gasteiger partial charge in [-0.2, -0.15) is 0 Å². The second-order valence-corrected chi connectivity index (χ2v) is 6.26. The first-order valence-electron chi connectivity index (χ1n) is 7.07. The molecule has 0 aromatic heterocycles. The first-order valence-corrected chi connectivity index (χ1v) is 7.07. The molecule has 3 nitrogen and oxygen atoms in total. The van der Waals surface area contributed by atoms with E-state index in [1.807, 2.05) is 0 Å². The van der Waals surface area contributed by atoms with Crippen LogP contribution in [0.1, 0.15) is 46.5 Å². The Labute approximate surface area is 117 Å². The fourth-order valence-corrected chi connectivity index (χ4v) is 2.92. The molecule has 1 atom stereocenters. The van der Waals surface area contributed by atoms with Crippen molar-refractivity contribution in [2.75, 3.05) is 19.6 Å². The lowest BCUT2D eigenvalue weighted by Gasteiger charge is -2.35. The minimum Gasteiger partial charge on any atom is -0.339 e. The maximum absolute atomic E-state index is 12.5. The van der Waals surface area contributed by atoms with Crippen LogP contribution in [0.4, 0.5) is 0 Å². The summed E-state index contributed by atoms with van der Waals surface area (Å²) < 4.78 is 0. The van der Waals surface area contributed by atoms with Gasteiger partial charge in [-0.15, -0.1) is 12.4 Å². The molecule has 2 rings (SSSR count). The fraction of sp³-hybridized carbons (Fsp3) is 0.929. The van der Waals surface area contributed by atoms with Crippen molar-refractivity contribution < 1.29 is 4.79 Å². The molecular formula is C14H27ClN2O. The minimum atomic E-state index is 0. The van der Waals surface area contributed by atoms with Crippen LogP contribution in [-0.2, 0) is 4.79 Å².